The predicted octanol–water partition coefficient (Wildman–Crippen LogP) is 2.68. The van der Waals surface area contributed by atoms with Gasteiger partial charge in [0.1, 0.15) is 5.01 Å². The summed E-state index contributed by atoms with van der Waals surface area (Å²) in [6.45, 7) is 10.9. The molecule has 1 rings (SSSR count). The first-order chi connectivity index (χ1) is 6.09. The fraction of sp³-hybridized carbons (Fsp3) is 0.500. The maximum absolute atomic E-state index is 4.32. The normalized spacial score (nSPS) is 12.8. The summed E-state index contributed by atoms with van der Waals surface area (Å²) in [5.74, 6) is 0. The third kappa shape index (κ3) is 3.28. The Labute approximate surface area is 83.7 Å². The van der Waals surface area contributed by atoms with Crippen LogP contribution in [0.5, 0.6) is 0 Å². The van der Waals surface area contributed by atoms with E-state index in [0.29, 0.717) is 6.04 Å². The van der Waals surface area contributed by atoms with E-state index in [2.05, 4.69) is 30.7 Å². The number of nitrogens with one attached hydrogen (secondary N) is 1. The molecule has 0 bridgehead atoms. The molecule has 0 aliphatic heterocycles. The molecule has 0 amide bonds. The molecule has 13 heavy (non-hydrogen) atoms. The Hall–Kier alpha value is -0.670. The van der Waals surface area contributed by atoms with Crippen LogP contribution in [0.1, 0.15) is 29.8 Å². The molecule has 1 N–H and O–H groups in total. The van der Waals surface area contributed by atoms with Crippen LogP contribution in [0.4, 0.5) is 0 Å². The molecule has 0 aromatic carbocycles. The largest absolute Gasteiger partial charge is 0.304 e. The van der Waals surface area contributed by atoms with E-state index >= 15 is 0 Å². The Balaban J connectivity index is 2.48. The topological polar surface area (TPSA) is 24.9 Å². The smallest absolute Gasteiger partial charge is 0.109 e. The van der Waals surface area contributed by atoms with E-state index in [0.717, 1.165) is 17.1 Å². The van der Waals surface area contributed by atoms with E-state index in [-0.39, 0.29) is 0 Å². The van der Waals surface area contributed by atoms with Gasteiger partial charge in [0.15, 0.2) is 0 Å². The average molecular weight is 196 g/mol. The zero-order valence-electron chi connectivity index (χ0n) is 8.42. The van der Waals surface area contributed by atoms with Crippen LogP contribution in [0, 0.1) is 6.92 Å². The third-order valence-electron chi connectivity index (χ3n) is 1.72. The van der Waals surface area contributed by atoms with Crippen molar-refractivity contribution in [2.24, 2.45) is 0 Å². The Kier molecular flexibility index (Phi) is 3.63. The minimum absolute atomic E-state index is 0.329. The van der Waals surface area contributed by atoms with Crippen molar-refractivity contribution < 1.29 is 0 Å². The minimum Gasteiger partial charge on any atom is -0.304 e. The second kappa shape index (κ2) is 4.53. The number of hydrogen-bond donors (Lipinski definition) is 1. The van der Waals surface area contributed by atoms with Crippen LogP contribution in [-0.4, -0.2) is 11.5 Å². The van der Waals surface area contributed by atoms with Gasteiger partial charge in [0, 0.05) is 17.6 Å². The molecule has 1 atom stereocenters. The van der Waals surface area contributed by atoms with Crippen LogP contribution in [0.25, 0.3) is 0 Å². The molecule has 72 valence electrons. The maximum atomic E-state index is 4.32. The van der Waals surface area contributed by atoms with Gasteiger partial charge in [-0.25, -0.2) is 4.98 Å². The fourth-order valence-electron chi connectivity index (χ4n) is 0.987. The molecule has 0 spiro atoms. The second-order valence-electron chi connectivity index (χ2n) is 3.37. The van der Waals surface area contributed by atoms with Gasteiger partial charge in [0.05, 0.1) is 6.04 Å². The molecular formula is C10H16N2S. The van der Waals surface area contributed by atoms with Crippen LogP contribution in [-0.2, 0) is 0 Å². The van der Waals surface area contributed by atoms with Crippen molar-refractivity contribution in [3.8, 4) is 0 Å². The maximum Gasteiger partial charge on any atom is 0.109 e. The van der Waals surface area contributed by atoms with Crippen molar-refractivity contribution in [2.75, 3.05) is 6.54 Å². The molecule has 1 unspecified atom stereocenters. The zero-order valence-corrected chi connectivity index (χ0v) is 9.24. The molecule has 2 nitrogen and oxygen atoms in total. The van der Waals surface area contributed by atoms with Crippen LogP contribution in [0.2, 0.25) is 0 Å². The van der Waals surface area contributed by atoms with Crippen LogP contribution in [0.3, 0.4) is 0 Å². The van der Waals surface area contributed by atoms with Crippen molar-refractivity contribution in [2.45, 2.75) is 26.8 Å². The van der Waals surface area contributed by atoms with Gasteiger partial charge in [0.25, 0.3) is 0 Å². The van der Waals surface area contributed by atoms with Crippen molar-refractivity contribution in [3.63, 3.8) is 0 Å². The number of thiazole rings is 1. The zero-order chi connectivity index (χ0) is 9.84. The van der Waals surface area contributed by atoms with Crippen LogP contribution in [0.15, 0.2) is 18.3 Å². The van der Waals surface area contributed by atoms with E-state index in [1.165, 1.54) is 4.88 Å². The average Bonchev–Trinajstić information content (AvgIpc) is 2.47. The fourth-order valence-corrected chi connectivity index (χ4v) is 1.79. The van der Waals surface area contributed by atoms with Gasteiger partial charge in [-0.2, -0.15) is 0 Å². The highest BCUT2D eigenvalue weighted by Gasteiger charge is 2.07. The highest BCUT2D eigenvalue weighted by molar-refractivity contribution is 7.11. The Bertz CT molecular complexity index is 291. The molecule has 0 radical (unpaired) electrons. The Morgan fingerprint density at radius 1 is 1.77 bits per heavy atom. The summed E-state index contributed by atoms with van der Waals surface area (Å²) in [6.07, 6.45) is 1.92. The molecule has 0 aliphatic carbocycles. The van der Waals surface area contributed by atoms with E-state index in [1.807, 2.05) is 13.1 Å². The van der Waals surface area contributed by atoms with Gasteiger partial charge < -0.3 is 5.32 Å². The van der Waals surface area contributed by atoms with Gasteiger partial charge in [-0.05, 0) is 20.8 Å². The SMILES string of the molecule is C=C(C)CNC(C)c1ncc(C)s1. The number of aromatic nitrogens is 1. The molecule has 1 heterocycles. The lowest BCUT2D eigenvalue weighted by Crippen LogP contribution is -2.19. The Morgan fingerprint density at radius 2 is 2.46 bits per heavy atom. The van der Waals surface area contributed by atoms with Gasteiger partial charge in [-0.1, -0.05) is 12.2 Å². The highest BCUT2D eigenvalue weighted by Crippen LogP contribution is 2.18. The number of hydrogen-bond acceptors (Lipinski definition) is 3. The molecule has 0 saturated carbocycles. The summed E-state index contributed by atoms with van der Waals surface area (Å²) >= 11 is 1.74. The number of rotatable bonds is 4. The first-order valence-corrected chi connectivity index (χ1v) is 5.21. The van der Waals surface area contributed by atoms with E-state index < -0.39 is 0 Å². The third-order valence-corrected chi connectivity index (χ3v) is 2.82. The molecule has 1 aromatic heterocycles. The van der Waals surface area contributed by atoms with Gasteiger partial charge in [-0.15, -0.1) is 11.3 Å². The number of aryl methyl sites for hydroxylation is 1. The van der Waals surface area contributed by atoms with Crippen molar-refractivity contribution in [1.82, 2.24) is 10.3 Å². The standard InChI is InChI=1S/C10H16N2S/c1-7(2)5-11-9(4)10-12-6-8(3)13-10/h6,9,11H,1,5H2,2-4H3. The molecule has 0 saturated heterocycles. The second-order valence-corrected chi connectivity index (χ2v) is 4.64. The molecule has 0 fully saturated rings. The van der Waals surface area contributed by atoms with E-state index in [4.69, 9.17) is 0 Å². The van der Waals surface area contributed by atoms with E-state index in [1.54, 1.807) is 11.3 Å². The quantitative estimate of drug-likeness (QED) is 0.749. The lowest BCUT2D eigenvalue weighted by atomic mass is 10.3. The number of nitrogens with zero attached hydrogens (tertiary/aromatic N) is 1. The highest BCUT2D eigenvalue weighted by atomic mass is 32.1. The van der Waals surface area contributed by atoms with Crippen molar-refractivity contribution in [3.05, 3.63) is 28.2 Å². The molecule has 3 heteroatoms. The lowest BCUT2D eigenvalue weighted by Gasteiger charge is -2.10. The van der Waals surface area contributed by atoms with E-state index in [9.17, 15) is 0 Å². The molecule has 1 aromatic rings. The van der Waals surface area contributed by atoms with Crippen LogP contribution >= 0.6 is 11.3 Å². The minimum atomic E-state index is 0.329. The summed E-state index contributed by atoms with van der Waals surface area (Å²) in [7, 11) is 0. The van der Waals surface area contributed by atoms with Crippen molar-refractivity contribution >= 4 is 11.3 Å². The van der Waals surface area contributed by atoms with Gasteiger partial charge >= 0.3 is 0 Å². The predicted molar refractivity (Wildman–Crippen MR) is 58.1 cm³/mol. The Morgan fingerprint density at radius 3 is 2.92 bits per heavy atom. The van der Waals surface area contributed by atoms with Crippen LogP contribution < -0.4 is 5.32 Å². The summed E-state index contributed by atoms with van der Waals surface area (Å²) in [4.78, 5) is 5.58. The molecular weight excluding hydrogens is 180 g/mol. The van der Waals surface area contributed by atoms with Gasteiger partial charge in [-0.3, -0.25) is 0 Å². The monoisotopic (exact) mass is 196 g/mol. The van der Waals surface area contributed by atoms with Gasteiger partial charge in [0.2, 0.25) is 0 Å². The summed E-state index contributed by atoms with van der Waals surface area (Å²) < 4.78 is 0. The first kappa shape index (κ1) is 10.4. The first-order valence-electron chi connectivity index (χ1n) is 4.39. The summed E-state index contributed by atoms with van der Waals surface area (Å²) in [6, 6.07) is 0.329. The molecule has 0 aliphatic rings. The summed E-state index contributed by atoms with van der Waals surface area (Å²) in [5.41, 5.74) is 1.15. The lowest BCUT2D eigenvalue weighted by molar-refractivity contribution is 0.604. The van der Waals surface area contributed by atoms with Crippen molar-refractivity contribution in [1.29, 1.82) is 0 Å². The summed E-state index contributed by atoms with van der Waals surface area (Å²) in [5, 5.41) is 4.51.